The number of carbonyl (C=O) groups is 3. The van der Waals surface area contributed by atoms with Crippen LogP contribution in [0.4, 0.5) is 0 Å². The number of ether oxygens (including phenoxy) is 1. The highest BCUT2D eigenvalue weighted by atomic mass is 16.5. The second kappa shape index (κ2) is 5.88. The van der Waals surface area contributed by atoms with E-state index in [9.17, 15) is 19.5 Å². The summed E-state index contributed by atoms with van der Waals surface area (Å²) in [6.07, 6.45) is 0. The van der Waals surface area contributed by atoms with Crippen LogP contribution in [-0.4, -0.2) is 46.4 Å². The van der Waals surface area contributed by atoms with Crippen LogP contribution in [0.2, 0.25) is 0 Å². The lowest BCUT2D eigenvalue weighted by Crippen LogP contribution is -2.35. The van der Waals surface area contributed by atoms with E-state index in [1.54, 1.807) is 24.3 Å². The van der Waals surface area contributed by atoms with Gasteiger partial charge in [-0.25, -0.2) is 0 Å². The molecule has 0 aromatic heterocycles. The minimum absolute atomic E-state index is 0.112. The molecular formula is C15H15NO6. The number of aliphatic hydroxyl groups is 1. The molecule has 22 heavy (non-hydrogen) atoms. The van der Waals surface area contributed by atoms with Crippen LogP contribution in [0.1, 0.15) is 18.5 Å². The molecule has 1 aromatic carbocycles. The first kappa shape index (κ1) is 15.6. The van der Waals surface area contributed by atoms with Gasteiger partial charge < -0.3 is 19.8 Å². The summed E-state index contributed by atoms with van der Waals surface area (Å²) in [7, 11) is 1.47. The van der Waals surface area contributed by atoms with Gasteiger partial charge >= 0.3 is 5.97 Å². The first-order valence-electron chi connectivity index (χ1n) is 6.47. The van der Waals surface area contributed by atoms with Crippen molar-refractivity contribution in [3.05, 3.63) is 41.2 Å². The zero-order valence-corrected chi connectivity index (χ0v) is 12.1. The molecule has 2 N–H and O–H groups in total. The zero-order chi connectivity index (χ0) is 16.4. The molecular weight excluding hydrogens is 290 g/mol. The quantitative estimate of drug-likeness (QED) is 0.843. The van der Waals surface area contributed by atoms with Crippen molar-refractivity contribution in [2.45, 2.75) is 13.0 Å². The van der Waals surface area contributed by atoms with Crippen LogP contribution in [-0.2, 0) is 14.4 Å². The van der Waals surface area contributed by atoms with E-state index in [2.05, 4.69) is 0 Å². The Morgan fingerprint density at radius 1 is 1.36 bits per heavy atom. The second-order valence-electron chi connectivity index (χ2n) is 4.82. The Labute approximate surface area is 126 Å². The number of hydrogen-bond acceptors (Lipinski definition) is 5. The van der Waals surface area contributed by atoms with E-state index in [1.165, 1.54) is 14.0 Å². The van der Waals surface area contributed by atoms with E-state index in [0.717, 1.165) is 4.90 Å². The van der Waals surface area contributed by atoms with Gasteiger partial charge in [0.2, 0.25) is 0 Å². The minimum atomic E-state index is -1.24. The van der Waals surface area contributed by atoms with Crippen LogP contribution < -0.4 is 4.74 Å². The molecule has 1 heterocycles. The molecule has 0 unspecified atom stereocenters. The molecule has 0 bridgehead atoms. The van der Waals surface area contributed by atoms with Crippen LogP contribution in [0.15, 0.2) is 35.6 Å². The molecule has 0 fully saturated rings. The predicted octanol–water partition coefficient (Wildman–Crippen LogP) is 1.06. The first-order chi connectivity index (χ1) is 10.4. The van der Waals surface area contributed by atoms with E-state index in [1.807, 2.05) is 0 Å². The van der Waals surface area contributed by atoms with Gasteiger partial charge in [0.1, 0.15) is 12.3 Å². The molecule has 7 nitrogen and oxygen atoms in total. The molecule has 1 aromatic rings. The number of rotatable bonds is 5. The molecule has 7 heteroatoms. The van der Waals surface area contributed by atoms with Gasteiger partial charge in [-0.3, -0.25) is 14.4 Å². The molecule has 2 rings (SSSR count). The van der Waals surface area contributed by atoms with Crippen molar-refractivity contribution < 1.29 is 29.3 Å². The Balaban J connectivity index is 2.56. The van der Waals surface area contributed by atoms with Gasteiger partial charge in [0.05, 0.1) is 18.7 Å². The van der Waals surface area contributed by atoms with Crippen molar-refractivity contribution in [2.75, 3.05) is 13.7 Å². The fraction of sp³-hybridized carbons (Fsp3) is 0.267. The third-order valence-electron chi connectivity index (χ3n) is 3.40. The van der Waals surface area contributed by atoms with Gasteiger partial charge in [0, 0.05) is 0 Å². The number of nitrogens with zero attached hydrogens (tertiary/aromatic N) is 1. The maximum atomic E-state index is 12.1. The lowest BCUT2D eigenvalue weighted by Gasteiger charge is -2.25. The number of carboxylic acid groups (broad SMARTS) is 1. The van der Waals surface area contributed by atoms with Crippen molar-refractivity contribution >= 4 is 17.7 Å². The highest BCUT2D eigenvalue weighted by molar-refractivity contribution is 6.08. The van der Waals surface area contributed by atoms with Crippen LogP contribution in [0.3, 0.4) is 0 Å². The Morgan fingerprint density at radius 2 is 2.05 bits per heavy atom. The maximum Gasteiger partial charge on any atom is 0.323 e. The number of carboxylic acids is 1. The molecule has 0 saturated carbocycles. The van der Waals surface area contributed by atoms with E-state index in [0.29, 0.717) is 11.3 Å². The highest BCUT2D eigenvalue weighted by Crippen LogP contribution is 2.38. The lowest BCUT2D eigenvalue weighted by molar-refractivity contribution is -0.144. The normalized spacial score (nSPS) is 17.8. The van der Waals surface area contributed by atoms with Gasteiger partial charge in [-0.05, 0) is 24.6 Å². The van der Waals surface area contributed by atoms with E-state index in [4.69, 9.17) is 9.84 Å². The first-order valence-corrected chi connectivity index (χ1v) is 6.47. The monoisotopic (exact) mass is 305 g/mol. The highest BCUT2D eigenvalue weighted by Gasteiger charge is 2.43. The van der Waals surface area contributed by atoms with Crippen molar-refractivity contribution in [1.29, 1.82) is 0 Å². The van der Waals surface area contributed by atoms with E-state index >= 15 is 0 Å². The van der Waals surface area contributed by atoms with Crippen LogP contribution >= 0.6 is 0 Å². The minimum Gasteiger partial charge on any atom is -0.503 e. The fourth-order valence-corrected chi connectivity index (χ4v) is 2.48. The summed E-state index contributed by atoms with van der Waals surface area (Å²) in [6, 6.07) is 5.62. The number of methoxy groups -OCH3 is 1. The second-order valence-corrected chi connectivity index (χ2v) is 4.82. The Hall–Kier alpha value is -2.83. The summed E-state index contributed by atoms with van der Waals surface area (Å²) in [4.78, 5) is 35.8. The summed E-state index contributed by atoms with van der Waals surface area (Å²) in [5, 5.41) is 18.9. The topological polar surface area (TPSA) is 104 Å². The van der Waals surface area contributed by atoms with Crippen molar-refractivity contribution in [3.63, 3.8) is 0 Å². The largest absolute Gasteiger partial charge is 0.503 e. The molecule has 0 saturated heterocycles. The number of aliphatic hydroxyl groups excluding tert-OH is 1. The van der Waals surface area contributed by atoms with Crippen molar-refractivity contribution in [1.82, 2.24) is 4.90 Å². The van der Waals surface area contributed by atoms with Gasteiger partial charge in [0.25, 0.3) is 5.91 Å². The van der Waals surface area contributed by atoms with E-state index in [-0.39, 0.29) is 5.57 Å². The summed E-state index contributed by atoms with van der Waals surface area (Å²) < 4.78 is 5.10. The number of carbonyl (C=O) groups excluding carboxylic acids is 2. The number of Topliss-reactive ketones (excluding diaryl/α,β-unsaturated/α-hetero) is 1. The molecule has 1 aliphatic rings. The predicted molar refractivity (Wildman–Crippen MR) is 75.4 cm³/mol. The summed E-state index contributed by atoms with van der Waals surface area (Å²) >= 11 is 0. The smallest absolute Gasteiger partial charge is 0.323 e. The lowest BCUT2D eigenvalue weighted by atomic mass is 9.96. The third kappa shape index (κ3) is 2.65. The standard InChI is InChI=1S/C15H15NO6/c1-8(17)12-13(9-4-3-5-10(6-9)22-2)16(7-11(18)19)15(21)14(12)20/h3-6,13,20H,7H2,1-2H3,(H,18,19)/t13-/m0/s1. The average Bonchev–Trinajstić information content (AvgIpc) is 2.71. The Bertz CT molecular complexity index is 678. The number of aliphatic carboxylic acids is 1. The SMILES string of the molecule is COc1cccc([C@H]2C(C(C)=O)=C(O)C(=O)N2CC(=O)O)c1. The average molecular weight is 305 g/mol. The van der Waals surface area contributed by atoms with E-state index < -0.39 is 36.0 Å². The molecule has 1 aliphatic heterocycles. The van der Waals surface area contributed by atoms with Gasteiger partial charge in [0.15, 0.2) is 11.5 Å². The van der Waals surface area contributed by atoms with Crippen LogP contribution in [0.5, 0.6) is 5.75 Å². The van der Waals surface area contributed by atoms with Gasteiger partial charge in [-0.15, -0.1) is 0 Å². The number of ketones is 1. The Kier molecular flexibility index (Phi) is 4.16. The van der Waals surface area contributed by atoms with Crippen LogP contribution in [0, 0.1) is 0 Å². The number of amides is 1. The fourth-order valence-electron chi connectivity index (χ4n) is 2.48. The van der Waals surface area contributed by atoms with Crippen LogP contribution in [0.25, 0.3) is 0 Å². The molecule has 0 radical (unpaired) electrons. The molecule has 1 atom stereocenters. The molecule has 0 spiro atoms. The molecule has 116 valence electrons. The summed E-state index contributed by atoms with van der Waals surface area (Å²) in [6.45, 7) is 0.595. The zero-order valence-electron chi connectivity index (χ0n) is 12.1. The van der Waals surface area contributed by atoms with Crippen molar-refractivity contribution in [3.8, 4) is 5.75 Å². The third-order valence-corrected chi connectivity index (χ3v) is 3.40. The molecule has 1 amide bonds. The van der Waals surface area contributed by atoms with Gasteiger partial charge in [-0.2, -0.15) is 0 Å². The number of benzene rings is 1. The summed E-state index contributed by atoms with van der Waals surface area (Å²) in [5.41, 5.74) is 0.378. The summed E-state index contributed by atoms with van der Waals surface area (Å²) in [5.74, 6) is -2.82. The van der Waals surface area contributed by atoms with Crippen molar-refractivity contribution in [2.24, 2.45) is 0 Å². The number of hydrogen-bond donors (Lipinski definition) is 2. The maximum absolute atomic E-state index is 12.1. The van der Waals surface area contributed by atoms with Gasteiger partial charge in [-0.1, -0.05) is 12.1 Å². The Morgan fingerprint density at radius 3 is 2.59 bits per heavy atom. The molecule has 0 aliphatic carbocycles.